The smallest absolute Gasteiger partial charge is 0.248 e. The lowest BCUT2D eigenvalue weighted by atomic mass is 9.79. The number of hydrogen-bond acceptors (Lipinski definition) is 3. The Bertz CT molecular complexity index is 927. The molecule has 2 aromatic rings. The average Bonchev–Trinajstić information content (AvgIpc) is 3.07. The third kappa shape index (κ3) is 5.36. The van der Waals surface area contributed by atoms with Crippen molar-refractivity contribution in [2.75, 3.05) is 0 Å². The molecule has 2 aromatic heterocycles. The van der Waals surface area contributed by atoms with E-state index in [0.717, 1.165) is 11.3 Å². The lowest BCUT2D eigenvalue weighted by molar-refractivity contribution is -0.134. The number of alkyl halides is 4. The van der Waals surface area contributed by atoms with Crippen LogP contribution in [0.3, 0.4) is 0 Å². The van der Waals surface area contributed by atoms with Crippen LogP contribution in [0.4, 0.5) is 17.6 Å². The van der Waals surface area contributed by atoms with Gasteiger partial charge in [-0.25, -0.2) is 27.1 Å². The van der Waals surface area contributed by atoms with Gasteiger partial charge in [-0.2, -0.15) is 5.10 Å². The quantitative estimate of drug-likeness (QED) is 0.610. The van der Waals surface area contributed by atoms with Crippen molar-refractivity contribution in [1.29, 1.82) is 0 Å². The predicted octanol–water partition coefficient (Wildman–Crippen LogP) is 5.10. The topological polar surface area (TPSA) is 59.3 Å². The number of rotatable bonds is 7. The Morgan fingerprint density at radius 3 is 2.55 bits per heavy atom. The molecule has 0 spiro atoms. The van der Waals surface area contributed by atoms with Gasteiger partial charge in [0, 0.05) is 32.1 Å². The molecular weight excluding hydrogens is 412 g/mol. The number of nitrogens with zero attached hydrogens (tertiary/aromatic N) is 3. The molecule has 2 aliphatic rings. The molecule has 2 heterocycles. The number of carbonyl (C=O) groups excluding carboxylic acids is 1. The molecule has 31 heavy (non-hydrogen) atoms. The number of carbonyl (C=O) groups is 1. The molecule has 1 atom stereocenters. The van der Waals surface area contributed by atoms with Gasteiger partial charge in [-0.1, -0.05) is 6.92 Å². The Hall–Kier alpha value is -2.19. The van der Waals surface area contributed by atoms with E-state index in [1.165, 1.54) is 0 Å². The van der Waals surface area contributed by atoms with Gasteiger partial charge in [0.05, 0.1) is 24.1 Å². The fourth-order valence-electron chi connectivity index (χ4n) is 4.70. The highest BCUT2D eigenvalue weighted by Crippen LogP contribution is 2.44. The van der Waals surface area contributed by atoms with Crippen molar-refractivity contribution in [3.8, 4) is 0 Å². The van der Waals surface area contributed by atoms with Gasteiger partial charge in [-0.05, 0) is 49.1 Å². The van der Waals surface area contributed by atoms with E-state index in [0.29, 0.717) is 31.3 Å². The lowest BCUT2D eigenvalue weighted by Gasteiger charge is -2.34. The molecule has 0 saturated heterocycles. The van der Waals surface area contributed by atoms with Crippen LogP contribution in [0, 0.1) is 11.8 Å². The summed E-state index contributed by atoms with van der Waals surface area (Å²) in [5.74, 6) is -5.45. The van der Waals surface area contributed by atoms with Crippen molar-refractivity contribution >= 4 is 11.6 Å². The van der Waals surface area contributed by atoms with Crippen LogP contribution < -0.4 is 5.32 Å². The zero-order chi connectivity index (χ0) is 22.2. The van der Waals surface area contributed by atoms with Crippen LogP contribution in [0.15, 0.2) is 18.5 Å². The first-order valence-corrected chi connectivity index (χ1v) is 11.0. The van der Waals surface area contributed by atoms with Crippen LogP contribution in [0.1, 0.15) is 75.6 Å². The maximum absolute atomic E-state index is 13.4. The Morgan fingerprint density at radius 1 is 1.19 bits per heavy atom. The standard InChI is InChI=1S/C22H28F4N4O/c1-2-18(29-20(31)8-15-10-22(25,26)11-15)16-9-19-28-17(13-30(19)27-12-16)7-14-3-5-21(23,24)6-4-14/h9,12-15,18H,2-8,10-11H2,1H3,(H,29,31)/t18-/m1/s1. The second-order valence-corrected chi connectivity index (χ2v) is 9.19. The van der Waals surface area contributed by atoms with Crippen LogP contribution in [0.5, 0.6) is 0 Å². The molecular formula is C22H28F4N4O. The van der Waals surface area contributed by atoms with Crippen LogP contribution in [0.25, 0.3) is 5.65 Å². The van der Waals surface area contributed by atoms with Gasteiger partial charge in [0.1, 0.15) is 0 Å². The minimum atomic E-state index is -2.62. The summed E-state index contributed by atoms with van der Waals surface area (Å²) in [6.45, 7) is 1.93. The molecule has 0 bridgehead atoms. The fourth-order valence-corrected chi connectivity index (χ4v) is 4.70. The van der Waals surface area contributed by atoms with Crippen LogP contribution in [-0.2, 0) is 11.2 Å². The van der Waals surface area contributed by atoms with Crippen molar-refractivity contribution in [1.82, 2.24) is 19.9 Å². The minimum absolute atomic E-state index is 0.0657. The summed E-state index contributed by atoms with van der Waals surface area (Å²) in [4.78, 5) is 16.9. The molecule has 2 fully saturated rings. The van der Waals surface area contributed by atoms with Gasteiger partial charge >= 0.3 is 0 Å². The van der Waals surface area contributed by atoms with Gasteiger partial charge in [-0.15, -0.1) is 0 Å². The molecule has 1 N–H and O–H groups in total. The second kappa shape index (κ2) is 8.39. The Balaban J connectivity index is 1.37. The van der Waals surface area contributed by atoms with Crippen LogP contribution in [0.2, 0.25) is 0 Å². The van der Waals surface area contributed by atoms with Gasteiger partial charge in [-0.3, -0.25) is 4.79 Å². The van der Waals surface area contributed by atoms with Crippen LogP contribution in [-0.4, -0.2) is 32.4 Å². The number of hydrogen-bond donors (Lipinski definition) is 1. The predicted molar refractivity (Wildman–Crippen MR) is 107 cm³/mol. The molecule has 0 unspecified atom stereocenters. The third-order valence-corrected chi connectivity index (χ3v) is 6.52. The monoisotopic (exact) mass is 440 g/mol. The van der Waals surface area contributed by atoms with E-state index in [2.05, 4.69) is 15.4 Å². The number of amides is 1. The molecule has 2 aliphatic carbocycles. The summed E-state index contributed by atoms with van der Waals surface area (Å²) in [7, 11) is 0. The van der Waals surface area contributed by atoms with Crippen molar-refractivity contribution in [2.45, 2.75) is 82.6 Å². The SMILES string of the molecule is CC[C@@H](NC(=O)CC1CC(F)(F)C1)c1cnn2cc(CC3CCC(F)(F)CC3)nc2c1. The molecule has 2 saturated carbocycles. The number of nitrogens with one attached hydrogen (secondary N) is 1. The molecule has 4 rings (SSSR count). The van der Waals surface area contributed by atoms with E-state index >= 15 is 0 Å². The summed E-state index contributed by atoms with van der Waals surface area (Å²) in [5.41, 5.74) is 2.26. The van der Waals surface area contributed by atoms with Crippen molar-refractivity contribution < 1.29 is 22.4 Å². The lowest BCUT2D eigenvalue weighted by Crippen LogP contribution is -2.39. The molecule has 5 nitrogen and oxygen atoms in total. The van der Waals surface area contributed by atoms with E-state index in [9.17, 15) is 22.4 Å². The first-order chi connectivity index (χ1) is 14.6. The number of fused-ring (bicyclic) bond motifs is 1. The highest BCUT2D eigenvalue weighted by Gasteiger charge is 2.45. The van der Waals surface area contributed by atoms with Crippen molar-refractivity contribution in [3.63, 3.8) is 0 Å². The molecule has 1 amide bonds. The fraction of sp³-hybridized carbons (Fsp3) is 0.682. The number of imidazole rings is 1. The molecule has 0 aromatic carbocycles. The summed E-state index contributed by atoms with van der Waals surface area (Å²) in [6.07, 6.45) is 5.30. The summed E-state index contributed by atoms with van der Waals surface area (Å²) < 4.78 is 54.3. The van der Waals surface area contributed by atoms with Crippen LogP contribution >= 0.6 is 0 Å². The summed E-state index contributed by atoms with van der Waals surface area (Å²) >= 11 is 0. The number of halogens is 4. The molecule has 0 aliphatic heterocycles. The van der Waals surface area contributed by atoms with E-state index in [-0.39, 0.29) is 55.9 Å². The van der Waals surface area contributed by atoms with Gasteiger partial charge in [0.2, 0.25) is 17.8 Å². The molecule has 170 valence electrons. The Morgan fingerprint density at radius 2 is 1.90 bits per heavy atom. The summed E-state index contributed by atoms with van der Waals surface area (Å²) in [5, 5.41) is 7.31. The average molecular weight is 440 g/mol. The Kier molecular flexibility index (Phi) is 5.96. The van der Waals surface area contributed by atoms with E-state index < -0.39 is 11.8 Å². The maximum Gasteiger partial charge on any atom is 0.248 e. The van der Waals surface area contributed by atoms with Gasteiger partial charge < -0.3 is 5.32 Å². The van der Waals surface area contributed by atoms with Crippen molar-refractivity contribution in [3.05, 3.63) is 29.7 Å². The minimum Gasteiger partial charge on any atom is -0.349 e. The van der Waals surface area contributed by atoms with E-state index in [1.54, 1.807) is 10.7 Å². The van der Waals surface area contributed by atoms with E-state index in [4.69, 9.17) is 0 Å². The zero-order valence-electron chi connectivity index (χ0n) is 17.6. The first kappa shape index (κ1) is 22.0. The zero-order valence-corrected chi connectivity index (χ0v) is 17.6. The van der Waals surface area contributed by atoms with E-state index in [1.807, 2.05) is 19.2 Å². The van der Waals surface area contributed by atoms with Gasteiger partial charge in [0.25, 0.3) is 0 Å². The molecule has 9 heteroatoms. The third-order valence-electron chi connectivity index (χ3n) is 6.52. The largest absolute Gasteiger partial charge is 0.349 e. The molecule has 0 radical (unpaired) electrons. The second-order valence-electron chi connectivity index (χ2n) is 9.19. The maximum atomic E-state index is 13.4. The summed E-state index contributed by atoms with van der Waals surface area (Å²) in [6, 6.07) is 1.59. The normalized spacial score (nSPS) is 22.2. The highest BCUT2D eigenvalue weighted by atomic mass is 19.3. The first-order valence-electron chi connectivity index (χ1n) is 11.0. The van der Waals surface area contributed by atoms with Gasteiger partial charge in [0.15, 0.2) is 5.65 Å². The Labute approximate surface area is 178 Å². The van der Waals surface area contributed by atoms with Crippen molar-refractivity contribution in [2.24, 2.45) is 11.8 Å². The highest BCUT2D eigenvalue weighted by molar-refractivity contribution is 5.76. The number of aromatic nitrogens is 3.